The first-order chi connectivity index (χ1) is 9.65. The summed E-state index contributed by atoms with van der Waals surface area (Å²) in [6.07, 6.45) is 3.67. The Morgan fingerprint density at radius 1 is 1.45 bits per heavy atom. The molecule has 0 radical (unpaired) electrons. The molecular formula is C14H18N2O4. The van der Waals surface area contributed by atoms with Crippen LogP contribution in [-0.2, 0) is 20.7 Å². The Labute approximate surface area is 117 Å². The van der Waals surface area contributed by atoms with Gasteiger partial charge in [0.05, 0.1) is 14.2 Å². The third-order valence-corrected chi connectivity index (χ3v) is 3.22. The molecule has 1 aromatic heterocycles. The molecule has 0 spiro atoms. The number of methoxy groups -OCH3 is 2. The quantitative estimate of drug-likeness (QED) is 0.775. The Bertz CT molecular complexity index is 500. The number of aromatic nitrogens is 1. The number of rotatable bonds is 6. The molecule has 1 amide bonds. The topological polar surface area (TPSA) is 77.5 Å². The van der Waals surface area contributed by atoms with Crippen LogP contribution in [0.1, 0.15) is 18.4 Å². The van der Waals surface area contributed by atoms with Gasteiger partial charge in [-0.1, -0.05) is 6.07 Å². The van der Waals surface area contributed by atoms with Crippen molar-refractivity contribution in [3.8, 4) is 5.88 Å². The molecule has 20 heavy (non-hydrogen) atoms. The van der Waals surface area contributed by atoms with Crippen molar-refractivity contribution in [2.45, 2.75) is 25.3 Å². The Balaban J connectivity index is 2.10. The summed E-state index contributed by atoms with van der Waals surface area (Å²) in [4.78, 5) is 27.7. The number of esters is 1. The molecule has 0 unspecified atom stereocenters. The van der Waals surface area contributed by atoms with Gasteiger partial charge < -0.3 is 14.8 Å². The predicted molar refractivity (Wildman–Crippen MR) is 71.2 cm³/mol. The van der Waals surface area contributed by atoms with Crippen LogP contribution in [0.2, 0.25) is 0 Å². The number of nitrogens with one attached hydrogen (secondary N) is 1. The average molecular weight is 278 g/mol. The van der Waals surface area contributed by atoms with Crippen molar-refractivity contribution in [1.29, 1.82) is 0 Å². The number of pyridine rings is 1. The summed E-state index contributed by atoms with van der Waals surface area (Å²) in [6, 6.07) is 2.85. The maximum Gasteiger partial charge on any atom is 0.328 e. The van der Waals surface area contributed by atoms with Crippen molar-refractivity contribution in [2.24, 2.45) is 5.92 Å². The fourth-order valence-electron chi connectivity index (χ4n) is 1.95. The van der Waals surface area contributed by atoms with Gasteiger partial charge in [-0.2, -0.15) is 0 Å². The molecule has 0 aliphatic heterocycles. The monoisotopic (exact) mass is 278 g/mol. The lowest BCUT2D eigenvalue weighted by molar-refractivity contribution is -0.145. The van der Waals surface area contributed by atoms with Crippen molar-refractivity contribution in [3.63, 3.8) is 0 Å². The number of hydrogen-bond acceptors (Lipinski definition) is 5. The van der Waals surface area contributed by atoms with Crippen LogP contribution in [0.25, 0.3) is 0 Å². The lowest BCUT2D eigenvalue weighted by Gasteiger charge is -2.17. The first-order valence-corrected chi connectivity index (χ1v) is 6.51. The van der Waals surface area contributed by atoms with E-state index in [0.29, 0.717) is 12.3 Å². The first-order valence-electron chi connectivity index (χ1n) is 6.51. The molecule has 0 bridgehead atoms. The first kappa shape index (κ1) is 14.3. The minimum atomic E-state index is -0.716. The maximum atomic E-state index is 11.8. The second-order valence-electron chi connectivity index (χ2n) is 4.73. The van der Waals surface area contributed by atoms with Crippen LogP contribution in [0.5, 0.6) is 5.88 Å². The highest BCUT2D eigenvalue weighted by Crippen LogP contribution is 2.29. The molecule has 1 aliphatic carbocycles. The van der Waals surface area contributed by atoms with Crippen molar-refractivity contribution in [2.75, 3.05) is 14.2 Å². The summed E-state index contributed by atoms with van der Waals surface area (Å²) in [7, 11) is 2.82. The number of ether oxygens (including phenoxy) is 2. The number of carbonyl (C=O) groups is 2. The highest BCUT2D eigenvalue weighted by Gasteiger charge is 2.33. The van der Waals surface area contributed by atoms with Crippen molar-refractivity contribution >= 4 is 11.9 Å². The third-order valence-electron chi connectivity index (χ3n) is 3.22. The Hall–Kier alpha value is -2.11. The van der Waals surface area contributed by atoms with Gasteiger partial charge in [0.15, 0.2) is 0 Å². The van der Waals surface area contributed by atoms with Crippen molar-refractivity contribution in [1.82, 2.24) is 10.3 Å². The van der Waals surface area contributed by atoms with Crippen LogP contribution in [0.4, 0.5) is 0 Å². The molecule has 2 rings (SSSR count). The van der Waals surface area contributed by atoms with Crippen LogP contribution >= 0.6 is 0 Å². The van der Waals surface area contributed by atoms with E-state index in [-0.39, 0.29) is 11.8 Å². The minimum Gasteiger partial charge on any atom is -0.481 e. The van der Waals surface area contributed by atoms with E-state index < -0.39 is 12.0 Å². The standard InChI is InChI=1S/C14H18N2O4/c1-19-13-10(4-3-7-15-13)8-11(14(18)20-2)16-12(17)9-5-6-9/h3-4,7,9,11H,5-6,8H2,1-2H3,(H,16,17)/t11-/m0/s1. The number of amides is 1. The molecule has 1 aromatic rings. The van der Waals surface area contributed by atoms with E-state index in [2.05, 4.69) is 10.3 Å². The molecule has 1 N–H and O–H groups in total. The zero-order valence-electron chi connectivity index (χ0n) is 11.6. The molecule has 0 aromatic carbocycles. The van der Waals surface area contributed by atoms with Crippen molar-refractivity contribution < 1.29 is 19.1 Å². The minimum absolute atomic E-state index is 0.0398. The zero-order chi connectivity index (χ0) is 14.5. The van der Waals surface area contributed by atoms with Crippen molar-refractivity contribution in [3.05, 3.63) is 23.9 Å². The molecule has 108 valence electrons. The number of carbonyl (C=O) groups excluding carboxylic acids is 2. The smallest absolute Gasteiger partial charge is 0.328 e. The Morgan fingerprint density at radius 2 is 2.20 bits per heavy atom. The van der Waals surface area contributed by atoms with Gasteiger partial charge in [-0.05, 0) is 18.9 Å². The summed E-state index contributed by atoms with van der Waals surface area (Å²) < 4.78 is 9.89. The lowest BCUT2D eigenvalue weighted by atomic mass is 10.1. The summed E-state index contributed by atoms with van der Waals surface area (Å²) in [5, 5.41) is 2.73. The normalized spacial score (nSPS) is 15.3. The maximum absolute atomic E-state index is 11.8. The molecule has 6 heteroatoms. The van der Waals surface area contributed by atoms with E-state index in [1.54, 1.807) is 12.3 Å². The van der Waals surface area contributed by atoms with E-state index in [9.17, 15) is 9.59 Å². The predicted octanol–water partition coefficient (Wildman–Crippen LogP) is 0.700. The van der Waals surface area contributed by atoms with Gasteiger partial charge in [0, 0.05) is 24.1 Å². The highest BCUT2D eigenvalue weighted by molar-refractivity contribution is 5.87. The fourth-order valence-corrected chi connectivity index (χ4v) is 1.95. The van der Waals surface area contributed by atoms with Gasteiger partial charge in [-0.3, -0.25) is 4.79 Å². The van der Waals surface area contributed by atoms with Gasteiger partial charge in [-0.25, -0.2) is 9.78 Å². The molecule has 0 saturated heterocycles. The zero-order valence-corrected chi connectivity index (χ0v) is 11.6. The summed E-state index contributed by atoms with van der Waals surface area (Å²) in [6.45, 7) is 0. The Morgan fingerprint density at radius 3 is 2.80 bits per heavy atom. The van der Waals surface area contributed by atoms with Crippen LogP contribution in [0, 0.1) is 5.92 Å². The van der Waals surface area contributed by atoms with Gasteiger partial charge in [0.25, 0.3) is 0 Å². The lowest BCUT2D eigenvalue weighted by Crippen LogP contribution is -2.43. The van der Waals surface area contributed by atoms with Gasteiger partial charge in [0.2, 0.25) is 11.8 Å². The molecule has 1 saturated carbocycles. The fraction of sp³-hybridized carbons (Fsp3) is 0.500. The van der Waals surface area contributed by atoms with Crippen LogP contribution < -0.4 is 10.1 Å². The second-order valence-corrected chi connectivity index (χ2v) is 4.73. The highest BCUT2D eigenvalue weighted by atomic mass is 16.5. The summed E-state index contributed by atoms with van der Waals surface area (Å²) >= 11 is 0. The largest absolute Gasteiger partial charge is 0.481 e. The van der Waals surface area contributed by atoms with Gasteiger partial charge in [-0.15, -0.1) is 0 Å². The van der Waals surface area contributed by atoms with Crippen LogP contribution in [0.3, 0.4) is 0 Å². The Kier molecular flexibility index (Phi) is 4.55. The summed E-state index contributed by atoms with van der Waals surface area (Å²) in [5.41, 5.74) is 0.751. The molecule has 1 aliphatic rings. The van der Waals surface area contributed by atoms with Gasteiger partial charge in [0.1, 0.15) is 6.04 Å². The molecule has 1 heterocycles. The molecule has 1 atom stereocenters. The van der Waals surface area contributed by atoms with E-state index in [4.69, 9.17) is 9.47 Å². The van der Waals surface area contributed by atoms with E-state index in [1.165, 1.54) is 14.2 Å². The molecular weight excluding hydrogens is 260 g/mol. The summed E-state index contributed by atoms with van der Waals surface area (Å²) in [5.74, 6) is -0.0758. The third kappa shape index (κ3) is 3.46. The number of nitrogens with zero attached hydrogens (tertiary/aromatic N) is 1. The van der Waals surface area contributed by atoms with E-state index in [1.807, 2.05) is 6.07 Å². The number of hydrogen-bond donors (Lipinski definition) is 1. The SMILES string of the molecule is COC(=O)[C@H](Cc1cccnc1OC)NC(=O)C1CC1. The molecule has 6 nitrogen and oxygen atoms in total. The second kappa shape index (κ2) is 6.36. The molecule has 1 fully saturated rings. The van der Waals surface area contributed by atoms with Gasteiger partial charge >= 0.3 is 5.97 Å². The van der Waals surface area contributed by atoms with E-state index in [0.717, 1.165) is 18.4 Å². The van der Waals surface area contributed by atoms with E-state index >= 15 is 0 Å². The average Bonchev–Trinajstić information content (AvgIpc) is 3.30. The van der Waals surface area contributed by atoms with Crippen LogP contribution in [-0.4, -0.2) is 37.1 Å². The van der Waals surface area contributed by atoms with Crippen LogP contribution in [0.15, 0.2) is 18.3 Å².